The van der Waals surface area contributed by atoms with Crippen molar-refractivity contribution in [2.24, 2.45) is 0 Å². The molecule has 2 heteroatoms. The molecule has 0 fully saturated rings. The summed E-state index contributed by atoms with van der Waals surface area (Å²) in [6.45, 7) is 7.12. The lowest BCUT2D eigenvalue weighted by molar-refractivity contribution is 0.469. The molecule has 0 aliphatic carbocycles. The van der Waals surface area contributed by atoms with Crippen LogP contribution in [0.5, 0.6) is 11.5 Å². The van der Waals surface area contributed by atoms with E-state index in [-0.39, 0.29) is 5.75 Å². The van der Waals surface area contributed by atoms with Gasteiger partial charge in [-0.1, -0.05) is 55.1 Å². The van der Waals surface area contributed by atoms with E-state index >= 15 is 0 Å². The molecule has 0 radical (unpaired) electrons. The Morgan fingerprint density at radius 3 is 1.89 bits per heavy atom. The van der Waals surface area contributed by atoms with Gasteiger partial charge in [0.1, 0.15) is 11.5 Å². The van der Waals surface area contributed by atoms with E-state index in [4.69, 9.17) is 5.11 Å². The van der Waals surface area contributed by atoms with Gasteiger partial charge in [-0.2, -0.15) is 0 Å². The monoisotopic (exact) mass is 254 g/mol. The first-order valence-electron chi connectivity index (χ1n) is 5.97. The van der Waals surface area contributed by atoms with E-state index in [1.807, 2.05) is 30.3 Å². The minimum atomic E-state index is 0.285. The van der Waals surface area contributed by atoms with Gasteiger partial charge in [-0.3, -0.25) is 0 Å². The van der Waals surface area contributed by atoms with Gasteiger partial charge in [0.15, 0.2) is 0 Å². The van der Waals surface area contributed by atoms with Gasteiger partial charge in [-0.15, -0.1) is 6.58 Å². The van der Waals surface area contributed by atoms with E-state index in [9.17, 15) is 5.11 Å². The summed E-state index contributed by atoms with van der Waals surface area (Å²) in [6, 6.07) is 14.4. The Morgan fingerprint density at radius 1 is 0.842 bits per heavy atom. The molecule has 2 aromatic rings. The number of para-hydroxylation sites is 2. The molecule has 0 heterocycles. The average Bonchev–Trinajstić information content (AvgIpc) is 2.43. The molecule has 0 atom stereocenters. The molecule has 98 valence electrons. The van der Waals surface area contributed by atoms with Crippen LogP contribution in [0.1, 0.15) is 11.1 Å². The third-order valence-electron chi connectivity index (χ3n) is 2.51. The van der Waals surface area contributed by atoms with Gasteiger partial charge in [0.05, 0.1) is 0 Å². The molecule has 0 saturated carbocycles. The molecular formula is C17H18O2. The fraction of sp³-hybridized carbons (Fsp3) is 0.0588. The maximum Gasteiger partial charge on any atom is 0.122 e. The first-order chi connectivity index (χ1) is 9.19. The highest BCUT2D eigenvalue weighted by Crippen LogP contribution is 2.16. The third-order valence-corrected chi connectivity index (χ3v) is 2.51. The molecule has 2 aromatic carbocycles. The van der Waals surface area contributed by atoms with Gasteiger partial charge in [-0.25, -0.2) is 0 Å². The normalized spacial score (nSPS) is 9.05. The van der Waals surface area contributed by atoms with Crippen LogP contribution in [0, 0.1) is 0 Å². The Kier molecular flexibility index (Phi) is 5.96. The van der Waals surface area contributed by atoms with Gasteiger partial charge < -0.3 is 10.2 Å². The van der Waals surface area contributed by atoms with Crippen molar-refractivity contribution in [1.82, 2.24) is 0 Å². The second-order valence-corrected chi connectivity index (χ2v) is 3.88. The summed E-state index contributed by atoms with van der Waals surface area (Å²) < 4.78 is 0. The predicted octanol–water partition coefficient (Wildman–Crippen LogP) is 4.16. The molecular weight excluding hydrogens is 236 g/mol. The second kappa shape index (κ2) is 7.77. The van der Waals surface area contributed by atoms with Gasteiger partial charge in [-0.05, 0) is 24.1 Å². The van der Waals surface area contributed by atoms with Crippen LogP contribution in [0.25, 0.3) is 6.08 Å². The maximum absolute atomic E-state index is 9.19. The maximum atomic E-state index is 9.19. The lowest BCUT2D eigenvalue weighted by Gasteiger charge is -1.97. The fourth-order valence-electron chi connectivity index (χ4n) is 1.50. The molecule has 0 saturated heterocycles. The molecule has 0 spiro atoms. The van der Waals surface area contributed by atoms with Crippen molar-refractivity contribution in [3.63, 3.8) is 0 Å². The Morgan fingerprint density at radius 2 is 1.42 bits per heavy atom. The Balaban J connectivity index is 0.000000191. The first kappa shape index (κ1) is 14.6. The van der Waals surface area contributed by atoms with Crippen molar-refractivity contribution in [1.29, 1.82) is 0 Å². The smallest absolute Gasteiger partial charge is 0.122 e. The van der Waals surface area contributed by atoms with Gasteiger partial charge in [0.25, 0.3) is 0 Å². The highest BCUT2D eigenvalue weighted by molar-refractivity contribution is 5.54. The Bertz CT molecular complexity index is 544. The summed E-state index contributed by atoms with van der Waals surface area (Å²) in [4.78, 5) is 0. The lowest BCUT2D eigenvalue weighted by atomic mass is 10.1. The lowest BCUT2D eigenvalue weighted by Crippen LogP contribution is -1.79. The average molecular weight is 254 g/mol. The van der Waals surface area contributed by atoms with Crippen molar-refractivity contribution >= 4 is 6.08 Å². The second-order valence-electron chi connectivity index (χ2n) is 3.88. The molecule has 2 rings (SSSR count). The van der Waals surface area contributed by atoms with Crippen LogP contribution in [0.15, 0.2) is 67.8 Å². The summed E-state index contributed by atoms with van der Waals surface area (Å²) in [5, 5.41) is 18.2. The number of allylic oxidation sites excluding steroid dienone is 1. The standard InChI is InChI=1S/C9H10O.C8H8O/c1-2-5-8-6-3-4-7-9(8)10;1-2-7-5-3-4-6-8(7)9/h2-4,6-7,10H,1,5H2;2-6,9H,1H2. The van der Waals surface area contributed by atoms with E-state index in [0.717, 1.165) is 17.5 Å². The van der Waals surface area contributed by atoms with E-state index < -0.39 is 0 Å². The van der Waals surface area contributed by atoms with Crippen LogP contribution < -0.4 is 0 Å². The molecule has 0 aromatic heterocycles. The van der Waals surface area contributed by atoms with Crippen molar-refractivity contribution in [2.75, 3.05) is 0 Å². The van der Waals surface area contributed by atoms with Crippen LogP contribution in [-0.2, 0) is 6.42 Å². The summed E-state index contributed by atoms with van der Waals surface area (Å²) >= 11 is 0. The van der Waals surface area contributed by atoms with Crippen molar-refractivity contribution in [3.05, 3.63) is 78.9 Å². The zero-order chi connectivity index (χ0) is 14.1. The number of hydrogen-bond acceptors (Lipinski definition) is 2. The predicted molar refractivity (Wildman–Crippen MR) is 80.2 cm³/mol. The zero-order valence-corrected chi connectivity index (χ0v) is 10.8. The van der Waals surface area contributed by atoms with Gasteiger partial charge in [0.2, 0.25) is 0 Å². The topological polar surface area (TPSA) is 40.5 Å². The number of phenols is 2. The summed E-state index contributed by atoms with van der Waals surface area (Å²) in [5.41, 5.74) is 1.70. The first-order valence-corrected chi connectivity index (χ1v) is 5.97. The van der Waals surface area contributed by atoms with E-state index in [1.54, 1.807) is 30.4 Å². The molecule has 0 aliphatic rings. The van der Waals surface area contributed by atoms with E-state index in [2.05, 4.69) is 13.2 Å². The van der Waals surface area contributed by atoms with Crippen LogP contribution in [0.4, 0.5) is 0 Å². The molecule has 0 aliphatic heterocycles. The van der Waals surface area contributed by atoms with E-state index in [1.165, 1.54) is 0 Å². The molecule has 2 nitrogen and oxygen atoms in total. The molecule has 0 unspecified atom stereocenters. The zero-order valence-electron chi connectivity index (χ0n) is 10.8. The SMILES string of the molecule is C=CCc1ccccc1O.C=Cc1ccccc1O. The Hall–Kier alpha value is -2.48. The van der Waals surface area contributed by atoms with Gasteiger partial charge in [0, 0.05) is 5.56 Å². The largest absolute Gasteiger partial charge is 0.508 e. The highest BCUT2D eigenvalue weighted by atomic mass is 16.3. The molecule has 0 amide bonds. The van der Waals surface area contributed by atoms with Crippen molar-refractivity contribution in [2.45, 2.75) is 6.42 Å². The van der Waals surface area contributed by atoms with E-state index in [0.29, 0.717) is 5.75 Å². The molecule has 19 heavy (non-hydrogen) atoms. The fourth-order valence-corrected chi connectivity index (χ4v) is 1.50. The van der Waals surface area contributed by atoms with Gasteiger partial charge >= 0.3 is 0 Å². The summed E-state index contributed by atoms with van der Waals surface area (Å²) in [5.74, 6) is 0.634. The van der Waals surface area contributed by atoms with Crippen LogP contribution >= 0.6 is 0 Å². The quantitative estimate of drug-likeness (QED) is 0.807. The highest BCUT2D eigenvalue weighted by Gasteiger charge is 1.93. The van der Waals surface area contributed by atoms with Crippen molar-refractivity contribution < 1.29 is 10.2 Å². The summed E-state index contributed by atoms with van der Waals surface area (Å²) in [7, 11) is 0. The third kappa shape index (κ3) is 4.72. The number of phenolic OH excluding ortho intramolecular Hbond substituents is 2. The minimum absolute atomic E-state index is 0.285. The number of aromatic hydroxyl groups is 2. The molecule has 2 N–H and O–H groups in total. The molecule has 0 bridgehead atoms. The number of rotatable bonds is 3. The van der Waals surface area contributed by atoms with Crippen LogP contribution in [0.3, 0.4) is 0 Å². The number of benzene rings is 2. The number of hydrogen-bond donors (Lipinski definition) is 2. The van der Waals surface area contributed by atoms with Crippen molar-refractivity contribution in [3.8, 4) is 11.5 Å². The minimum Gasteiger partial charge on any atom is -0.508 e. The summed E-state index contributed by atoms with van der Waals surface area (Å²) in [6.07, 6.45) is 4.12. The Labute approximate surface area is 114 Å². The van der Waals surface area contributed by atoms with Crippen LogP contribution in [-0.4, -0.2) is 10.2 Å². The van der Waals surface area contributed by atoms with Crippen LogP contribution in [0.2, 0.25) is 0 Å².